The molecule has 0 spiro atoms. The summed E-state index contributed by atoms with van der Waals surface area (Å²) in [5.41, 5.74) is 9.95. The van der Waals surface area contributed by atoms with Crippen LogP contribution in [0.3, 0.4) is 0 Å². The zero-order valence-corrected chi connectivity index (χ0v) is 21.5. The molecule has 1 aliphatic rings. The number of methoxy groups -OCH3 is 1. The Labute approximate surface area is 207 Å². The van der Waals surface area contributed by atoms with Crippen LogP contribution in [0.2, 0.25) is 0 Å². The summed E-state index contributed by atoms with van der Waals surface area (Å²) in [5.74, 6) is -0.698. The molecule has 0 saturated heterocycles. The van der Waals surface area contributed by atoms with E-state index in [1.165, 1.54) is 18.2 Å². The van der Waals surface area contributed by atoms with E-state index in [2.05, 4.69) is 42.7 Å². The molecule has 35 heavy (non-hydrogen) atoms. The Hall–Kier alpha value is -3.86. The molecule has 0 fully saturated rings. The maximum Gasteiger partial charge on any atom is 0.340 e. The summed E-state index contributed by atoms with van der Waals surface area (Å²) in [7, 11) is 1.35. The topological polar surface area (TPSA) is 51.5 Å². The molecule has 0 bridgehead atoms. The van der Waals surface area contributed by atoms with E-state index in [-0.39, 0.29) is 5.91 Å². The van der Waals surface area contributed by atoms with Gasteiger partial charge in [-0.05, 0) is 88.1 Å². The highest BCUT2D eigenvalue weighted by atomic mass is 16.5. The molecule has 2 aromatic carbocycles. The first-order valence-electron chi connectivity index (χ1n) is 11.8. The Morgan fingerprint density at radius 2 is 1.60 bits per heavy atom. The summed E-state index contributed by atoms with van der Waals surface area (Å²) < 4.78 is 7.24. The lowest BCUT2D eigenvalue weighted by atomic mass is 10.0. The second-order valence-corrected chi connectivity index (χ2v) is 9.32. The molecule has 0 saturated carbocycles. The lowest BCUT2D eigenvalue weighted by Gasteiger charge is -2.18. The first-order chi connectivity index (χ1) is 16.6. The molecule has 1 amide bonds. The van der Waals surface area contributed by atoms with Crippen molar-refractivity contribution in [1.82, 2.24) is 9.47 Å². The van der Waals surface area contributed by atoms with Crippen molar-refractivity contribution >= 4 is 18.0 Å². The standard InChI is InChI=1S/C30H32N2O3/c1-18-8-11-24(12-9-18)17-31-23(6)28(30(34)35-7)27(29(31)33)16-25-15-21(4)32(22(25)5)26-13-10-19(2)20(3)14-26/h8-16H,17H2,1-7H3/b27-16+. The minimum absolute atomic E-state index is 0.195. The quantitative estimate of drug-likeness (QED) is 0.346. The fourth-order valence-corrected chi connectivity index (χ4v) is 4.65. The van der Waals surface area contributed by atoms with Crippen molar-refractivity contribution in [3.63, 3.8) is 0 Å². The molecule has 5 nitrogen and oxygen atoms in total. The number of allylic oxidation sites excluding steroid dienone is 1. The van der Waals surface area contributed by atoms with Crippen molar-refractivity contribution in [3.8, 4) is 5.69 Å². The number of hydrogen-bond donors (Lipinski definition) is 0. The number of aromatic nitrogens is 1. The molecule has 0 radical (unpaired) electrons. The monoisotopic (exact) mass is 468 g/mol. The number of benzene rings is 2. The van der Waals surface area contributed by atoms with Crippen molar-refractivity contribution in [2.75, 3.05) is 7.11 Å². The Morgan fingerprint density at radius 1 is 0.914 bits per heavy atom. The van der Waals surface area contributed by atoms with Crippen LogP contribution in [0.4, 0.5) is 0 Å². The van der Waals surface area contributed by atoms with Crippen LogP contribution in [0.1, 0.15) is 46.1 Å². The molecular weight excluding hydrogens is 436 g/mol. The predicted octanol–water partition coefficient (Wildman–Crippen LogP) is 5.89. The van der Waals surface area contributed by atoms with Gasteiger partial charge in [-0.25, -0.2) is 4.79 Å². The van der Waals surface area contributed by atoms with Gasteiger partial charge in [0.25, 0.3) is 5.91 Å². The van der Waals surface area contributed by atoms with Gasteiger partial charge in [-0.2, -0.15) is 0 Å². The first kappa shape index (κ1) is 24.3. The molecule has 2 heterocycles. The third-order valence-corrected chi connectivity index (χ3v) is 6.88. The fraction of sp³-hybridized carbons (Fsp3) is 0.267. The highest BCUT2D eigenvalue weighted by Gasteiger charge is 2.37. The summed E-state index contributed by atoms with van der Waals surface area (Å²) >= 11 is 0. The average molecular weight is 469 g/mol. The number of aryl methyl sites for hydroxylation is 4. The van der Waals surface area contributed by atoms with Crippen molar-refractivity contribution in [2.45, 2.75) is 48.1 Å². The Bertz CT molecular complexity index is 1390. The zero-order chi connectivity index (χ0) is 25.4. The summed E-state index contributed by atoms with van der Waals surface area (Å²) in [5, 5.41) is 0. The first-order valence-corrected chi connectivity index (χ1v) is 11.8. The molecule has 0 atom stereocenters. The smallest absolute Gasteiger partial charge is 0.340 e. The molecule has 180 valence electrons. The molecule has 0 unspecified atom stereocenters. The second-order valence-electron chi connectivity index (χ2n) is 9.32. The Kier molecular flexibility index (Phi) is 6.53. The van der Waals surface area contributed by atoms with Gasteiger partial charge >= 0.3 is 5.97 Å². The maximum atomic E-state index is 13.6. The van der Waals surface area contributed by atoms with E-state index < -0.39 is 5.97 Å². The third kappa shape index (κ3) is 4.46. The summed E-state index contributed by atoms with van der Waals surface area (Å²) in [4.78, 5) is 28.0. The molecule has 1 aliphatic heterocycles. The van der Waals surface area contributed by atoms with Crippen molar-refractivity contribution in [1.29, 1.82) is 0 Å². The van der Waals surface area contributed by atoms with Gasteiger partial charge in [-0.15, -0.1) is 0 Å². The number of esters is 1. The van der Waals surface area contributed by atoms with Crippen molar-refractivity contribution in [2.24, 2.45) is 0 Å². The van der Waals surface area contributed by atoms with E-state index in [9.17, 15) is 9.59 Å². The number of nitrogens with zero attached hydrogens (tertiary/aromatic N) is 2. The van der Waals surface area contributed by atoms with Crippen molar-refractivity contribution in [3.05, 3.63) is 105 Å². The van der Waals surface area contributed by atoms with E-state index >= 15 is 0 Å². The highest BCUT2D eigenvalue weighted by Crippen LogP contribution is 2.34. The van der Waals surface area contributed by atoms with E-state index in [4.69, 9.17) is 4.74 Å². The third-order valence-electron chi connectivity index (χ3n) is 6.88. The van der Waals surface area contributed by atoms with Gasteiger partial charge in [-0.1, -0.05) is 35.9 Å². The lowest BCUT2D eigenvalue weighted by molar-refractivity contribution is -0.136. The normalized spacial score (nSPS) is 14.9. The van der Waals surface area contributed by atoms with Crippen LogP contribution < -0.4 is 0 Å². The number of hydrogen-bond acceptors (Lipinski definition) is 3. The average Bonchev–Trinajstić information content (AvgIpc) is 3.23. The molecule has 0 aliphatic carbocycles. The minimum Gasteiger partial charge on any atom is -0.465 e. The number of carbonyl (C=O) groups is 2. The highest BCUT2D eigenvalue weighted by molar-refractivity contribution is 6.16. The van der Waals surface area contributed by atoms with Crippen LogP contribution in [-0.4, -0.2) is 28.5 Å². The molecule has 1 aromatic heterocycles. The predicted molar refractivity (Wildman–Crippen MR) is 139 cm³/mol. The van der Waals surface area contributed by atoms with Crippen LogP contribution in [0.25, 0.3) is 11.8 Å². The van der Waals surface area contributed by atoms with Gasteiger partial charge in [0.2, 0.25) is 0 Å². The van der Waals surface area contributed by atoms with E-state index in [1.807, 2.05) is 51.1 Å². The molecule has 3 aromatic rings. The molecule has 4 rings (SSSR count). The van der Waals surface area contributed by atoms with Gasteiger partial charge < -0.3 is 14.2 Å². The maximum absolute atomic E-state index is 13.6. The molecular formula is C30H32N2O3. The largest absolute Gasteiger partial charge is 0.465 e. The number of amides is 1. The summed E-state index contributed by atoms with van der Waals surface area (Å²) in [6.45, 7) is 12.5. The summed E-state index contributed by atoms with van der Waals surface area (Å²) in [6.07, 6.45) is 1.83. The van der Waals surface area contributed by atoms with Gasteiger partial charge in [-0.3, -0.25) is 4.79 Å². The number of carbonyl (C=O) groups excluding carboxylic acids is 2. The summed E-state index contributed by atoms with van der Waals surface area (Å²) in [6, 6.07) is 16.5. The minimum atomic E-state index is -0.503. The Balaban J connectivity index is 1.78. The second kappa shape index (κ2) is 9.41. The van der Waals surface area contributed by atoms with Crippen LogP contribution in [0.5, 0.6) is 0 Å². The zero-order valence-electron chi connectivity index (χ0n) is 21.5. The van der Waals surface area contributed by atoms with Crippen LogP contribution in [0.15, 0.2) is 65.4 Å². The van der Waals surface area contributed by atoms with Crippen LogP contribution >= 0.6 is 0 Å². The van der Waals surface area contributed by atoms with Gasteiger partial charge in [0.1, 0.15) is 0 Å². The van der Waals surface area contributed by atoms with E-state index in [0.717, 1.165) is 33.8 Å². The lowest BCUT2D eigenvalue weighted by Crippen LogP contribution is -2.24. The van der Waals surface area contributed by atoms with Crippen LogP contribution in [0, 0.1) is 34.6 Å². The fourth-order valence-electron chi connectivity index (χ4n) is 4.65. The van der Waals surface area contributed by atoms with Gasteiger partial charge in [0.05, 0.1) is 24.8 Å². The SMILES string of the molecule is COC(=O)C1=C(C)N(Cc2ccc(C)cc2)C(=O)/C1=C/c1cc(C)n(-c2ccc(C)c(C)c2)c1C. The Morgan fingerprint density at radius 3 is 2.23 bits per heavy atom. The van der Waals surface area contributed by atoms with Crippen LogP contribution in [-0.2, 0) is 20.9 Å². The van der Waals surface area contributed by atoms with Crippen molar-refractivity contribution < 1.29 is 14.3 Å². The number of ether oxygens (including phenoxy) is 1. The van der Waals surface area contributed by atoms with E-state index in [0.29, 0.717) is 23.4 Å². The molecule has 5 heteroatoms. The van der Waals surface area contributed by atoms with Gasteiger partial charge in [0.15, 0.2) is 0 Å². The number of rotatable bonds is 5. The van der Waals surface area contributed by atoms with E-state index in [1.54, 1.807) is 11.8 Å². The van der Waals surface area contributed by atoms with Gasteiger partial charge in [0, 0.05) is 22.8 Å². The molecule has 0 N–H and O–H groups in total.